The van der Waals surface area contributed by atoms with Gasteiger partial charge in [-0.25, -0.2) is 4.79 Å². The Morgan fingerprint density at radius 1 is 1.07 bits per heavy atom. The predicted molar refractivity (Wildman–Crippen MR) is 101 cm³/mol. The second kappa shape index (κ2) is 7.04. The minimum atomic E-state index is -0.436. The highest BCUT2D eigenvalue weighted by Gasteiger charge is 2.30. The summed E-state index contributed by atoms with van der Waals surface area (Å²) in [5, 5.41) is 2.87. The smallest absolute Gasteiger partial charge is 0.414 e. The van der Waals surface area contributed by atoms with Crippen molar-refractivity contribution in [3.63, 3.8) is 0 Å². The van der Waals surface area contributed by atoms with E-state index in [0.717, 1.165) is 16.8 Å². The predicted octanol–water partition coefficient (Wildman–Crippen LogP) is 3.48. The molecule has 0 aliphatic carbocycles. The van der Waals surface area contributed by atoms with Crippen molar-refractivity contribution in [3.8, 4) is 11.1 Å². The largest absolute Gasteiger partial charge is 0.447 e. The van der Waals surface area contributed by atoms with E-state index in [1.54, 1.807) is 4.90 Å². The third kappa shape index (κ3) is 3.28. The summed E-state index contributed by atoms with van der Waals surface area (Å²) in [6, 6.07) is 13.0. The van der Waals surface area contributed by atoms with E-state index in [1.807, 2.05) is 42.5 Å². The summed E-state index contributed by atoms with van der Waals surface area (Å²) in [6.45, 7) is 0.921. The van der Waals surface area contributed by atoms with Gasteiger partial charge < -0.3 is 4.74 Å². The van der Waals surface area contributed by atoms with Crippen LogP contribution in [0.15, 0.2) is 42.5 Å². The van der Waals surface area contributed by atoms with Crippen LogP contribution in [0, 0.1) is 0 Å². The second-order valence-corrected chi connectivity index (χ2v) is 6.90. The lowest BCUT2D eigenvalue weighted by molar-refractivity contribution is -0.134. The van der Waals surface area contributed by atoms with E-state index in [2.05, 4.69) is 5.32 Å². The normalized spacial score (nSPS) is 19.8. The zero-order valence-corrected chi connectivity index (χ0v) is 15.2. The molecule has 1 atom stereocenters. The van der Waals surface area contributed by atoms with E-state index < -0.39 is 5.92 Å². The number of halogens is 1. The molecule has 0 radical (unpaired) electrons. The number of rotatable bonds is 3. The molecule has 2 aliphatic heterocycles. The molecule has 138 valence electrons. The van der Waals surface area contributed by atoms with Crippen LogP contribution in [-0.2, 0) is 14.3 Å². The average Bonchev–Trinajstić information content (AvgIpc) is 3.09. The molecule has 27 heavy (non-hydrogen) atoms. The number of anilines is 1. The number of carbonyl (C=O) groups is 3. The summed E-state index contributed by atoms with van der Waals surface area (Å²) in [5.74, 6) is -0.999. The Morgan fingerprint density at radius 2 is 1.85 bits per heavy atom. The Labute approximate surface area is 161 Å². The van der Waals surface area contributed by atoms with Crippen molar-refractivity contribution in [1.29, 1.82) is 0 Å². The van der Waals surface area contributed by atoms with Crippen molar-refractivity contribution >= 4 is 35.2 Å². The highest BCUT2D eigenvalue weighted by atomic mass is 35.5. The topological polar surface area (TPSA) is 75.7 Å². The number of carbonyl (C=O) groups excluding carboxylic acids is 3. The molecular formula is C20H17ClN2O4. The summed E-state index contributed by atoms with van der Waals surface area (Å²) in [5.41, 5.74) is 3.16. The first-order valence-corrected chi connectivity index (χ1v) is 9.09. The van der Waals surface area contributed by atoms with Gasteiger partial charge in [0.05, 0.1) is 17.5 Å². The van der Waals surface area contributed by atoms with Crippen LogP contribution in [0.25, 0.3) is 11.1 Å². The van der Waals surface area contributed by atoms with Crippen LogP contribution in [0.2, 0.25) is 5.02 Å². The Balaban J connectivity index is 1.64. The van der Waals surface area contributed by atoms with Gasteiger partial charge in [-0.1, -0.05) is 41.9 Å². The van der Waals surface area contributed by atoms with Crippen LogP contribution in [0.5, 0.6) is 0 Å². The van der Waals surface area contributed by atoms with E-state index >= 15 is 0 Å². The summed E-state index contributed by atoms with van der Waals surface area (Å²) in [6.07, 6.45) is 0.405. The number of cyclic esters (lactones) is 1. The van der Waals surface area contributed by atoms with E-state index in [-0.39, 0.29) is 17.9 Å². The number of hydrogen-bond acceptors (Lipinski definition) is 4. The van der Waals surface area contributed by atoms with Crippen molar-refractivity contribution in [1.82, 2.24) is 5.32 Å². The van der Waals surface area contributed by atoms with Crippen LogP contribution < -0.4 is 10.2 Å². The van der Waals surface area contributed by atoms with Crippen LogP contribution in [-0.4, -0.2) is 31.1 Å². The molecule has 1 N–H and O–H groups in total. The van der Waals surface area contributed by atoms with Gasteiger partial charge in [-0.05, 0) is 29.7 Å². The fourth-order valence-corrected chi connectivity index (χ4v) is 3.85. The molecule has 1 unspecified atom stereocenters. The molecule has 3 amide bonds. The molecule has 7 heteroatoms. The van der Waals surface area contributed by atoms with E-state index in [0.29, 0.717) is 36.6 Å². The maximum absolute atomic E-state index is 12.2. The fraction of sp³-hybridized carbons (Fsp3) is 0.250. The summed E-state index contributed by atoms with van der Waals surface area (Å²) in [7, 11) is 0. The van der Waals surface area contributed by atoms with Gasteiger partial charge in [-0.15, -0.1) is 0 Å². The van der Waals surface area contributed by atoms with Gasteiger partial charge in [-0.3, -0.25) is 19.8 Å². The number of ether oxygens (including phenoxy) is 1. The van der Waals surface area contributed by atoms with E-state index in [4.69, 9.17) is 16.3 Å². The van der Waals surface area contributed by atoms with Crippen molar-refractivity contribution in [2.24, 2.45) is 0 Å². The van der Waals surface area contributed by atoms with E-state index in [9.17, 15) is 14.4 Å². The number of piperidine rings is 1. The van der Waals surface area contributed by atoms with Crippen molar-refractivity contribution in [2.75, 3.05) is 18.1 Å². The summed E-state index contributed by atoms with van der Waals surface area (Å²) in [4.78, 5) is 36.8. The molecule has 0 spiro atoms. The molecular weight excluding hydrogens is 368 g/mol. The molecule has 4 rings (SSSR count). The van der Waals surface area contributed by atoms with Crippen LogP contribution in [0.3, 0.4) is 0 Å². The number of imide groups is 1. The first-order chi connectivity index (χ1) is 13.0. The number of benzene rings is 2. The molecule has 0 saturated carbocycles. The van der Waals surface area contributed by atoms with Crippen LogP contribution >= 0.6 is 11.6 Å². The molecule has 2 saturated heterocycles. The Hall–Kier alpha value is -2.86. The molecule has 0 bridgehead atoms. The van der Waals surface area contributed by atoms with Crippen LogP contribution in [0.4, 0.5) is 10.5 Å². The minimum Gasteiger partial charge on any atom is -0.447 e. The number of nitrogens with one attached hydrogen (secondary N) is 1. The Kier molecular flexibility index (Phi) is 4.58. The standard InChI is InChI=1S/C20H17ClN2O4/c21-18-14(2-1-3-15(18)16-8-9-17(24)22-19(16)25)12-4-6-13(7-5-12)23-10-11-27-20(23)26/h1-7,16H,8-11H2,(H,22,24,25). The molecule has 2 heterocycles. The van der Waals surface area contributed by atoms with Gasteiger partial charge in [0.15, 0.2) is 0 Å². The maximum atomic E-state index is 12.2. The Bertz CT molecular complexity index is 926. The molecule has 2 aromatic carbocycles. The average molecular weight is 385 g/mol. The molecule has 2 fully saturated rings. The third-order valence-electron chi connectivity index (χ3n) is 4.89. The monoisotopic (exact) mass is 384 g/mol. The van der Waals surface area contributed by atoms with Gasteiger partial charge >= 0.3 is 6.09 Å². The maximum Gasteiger partial charge on any atom is 0.414 e. The first kappa shape index (κ1) is 17.5. The Morgan fingerprint density at radius 3 is 2.52 bits per heavy atom. The van der Waals surface area contributed by atoms with E-state index in [1.165, 1.54) is 0 Å². The third-order valence-corrected chi connectivity index (χ3v) is 5.32. The zero-order valence-electron chi connectivity index (χ0n) is 14.4. The highest BCUT2D eigenvalue weighted by molar-refractivity contribution is 6.34. The lowest BCUT2D eigenvalue weighted by Gasteiger charge is -2.23. The highest BCUT2D eigenvalue weighted by Crippen LogP contribution is 2.37. The number of amides is 3. The van der Waals surface area contributed by atoms with Gasteiger partial charge in [0, 0.05) is 17.7 Å². The second-order valence-electron chi connectivity index (χ2n) is 6.53. The van der Waals surface area contributed by atoms with Gasteiger partial charge in [0.1, 0.15) is 6.61 Å². The van der Waals surface area contributed by atoms with Gasteiger partial charge in [0.25, 0.3) is 0 Å². The van der Waals surface area contributed by atoms with Crippen molar-refractivity contribution < 1.29 is 19.1 Å². The lowest BCUT2D eigenvalue weighted by Crippen LogP contribution is -2.39. The van der Waals surface area contributed by atoms with Crippen molar-refractivity contribution in [2.45, 2.75) is 18.8 Å². The lowest BCUT2D eigenvalue weighted by atomic mass is 9.88. The first-order valence-electron chi connectivity index (χ1n) is 8.71. The molecule has 0 aromatic heterocycles. The number of hydrogen-bond donors (Lipinski definition) is 1. The van der Waals surface area contributed by atoms with Crippen LogP contribution in [0.1, 0.15) is 24.3 Å². The molecule has 6 nitrogen and oxygen atoms in total. The summed E-state index contributed by atoms with van der Waals surface area (Å²) < 4.78 is 4.96. The minimum absolute atomic E-state index is 0.250. The van der Waals surface area contributed by atoms with Gasteiger partial charge in [-0.2, -0.15) is 0 Å². The molecule has 2 aromatic rings. The fourth-order valence-electron chi connectivity index (χ4n) is 3.48. The number of nitrogens with zero attached hydrogens (tertiary/aromatic N) is 1. The zero-order chi connectivity index (χ0) is 19.0. The molecule has 2 aliphatic rings. The van der Waals surface area contributed by atoms with Gasteiger partial charge in [0.2, 0.25) is 11.8 Å². The summed E-state index contributed by atoms with van der Waals surface area (Å²) >= 11 is 6.62. The quantitative estimate of drug-likeness (QED) is 0.822. The SMILES string of the molecule is O=C1CCC(c2cccc(-c3ccc(N4CCOC4=O)cc3)c2Cl)C(=O)N1. The van der Waals surface area contributed by atoms with Crippen molar-refractivity contribution in [3.05, 3.63) is 53.1 Å².